The van der Waals surface area contributed by atoms with Crippen molar-refractivity contribution in [3.63, 3.8) is 0 Å². The van der Waals surface area contributed by atoms with E-state index in [1.165, 1.54) is 16.7 Å². The Kier molecular flexibility index (Phi) is 4.00. The van der Waals surface area contributed by atoms with Gasteiger partial charge in [-0.3, -0.25) is 4.79 Å². The predicted molar refractivity (Wildman–Crippen MR) is 78.5 cm³/mol. The number of carboxylic acid groups (broad SMARTS) is 1. The normalized spacial score (nSPS) is 18.9. The summed E-state index contributed by atoms with van der Waals surface area (Å²) in [4.78, 5) is 24.7. The molecule has 0 bridgehead atoms. The molecule has 1 aromatic carbocycles. The van der Waals surface area contributed by atoms with E-state index in [9.17, 15) is 9.59 Å². The molecule has 1 atom stereocenters. The van der Waals surface area contributed by atoms with Crippen LogP contribution in [0.5, 0.6) is 0 Å². The molecule has 1 aliphatic rings. The summed E-state index contributed by atoms with van der Waals surface area (Å²) >= 11 is 3.52. The standard InChI is InChI=1S/C11H11IN2O3S/c12-7-1-6(2-8(13)3-7)10(15)14-5-18-4-9(14)11(16)17/h1-3,9H,4-5,13H2,(H,16,17)/t9-/m0/s1. The quantitative estimate of drug-likeness (QED) is 0.602. The number of rotatable bonds is 2. The SMILES string of the molecule is Nc1cc(I)cc(C(=O)N2CSC[C@H]2C(=O)O)c1. The van der Waals surface area contributed by atoms with Crippen molar-refractivity contribution in [2.75, 3.05) is 17.4 Å². The molecule has 5 nitrogen and oxygen atoms in total. The van der Waals surface area contributed by atoms with E-state index < -0.39 is 12.0 Å². The van der Waals surface area contributed by atoms with Gasteiger partial charge in [0, 0.05) is 20.6 Å². The van der Waals surface area contributed by atoms with Crippen molar-refractivity contribution in [3.8, 4) is 0 Å². The molecular formula is C11H11IN2O3S. The summed E-state index contributed by atoms with van der Waals surface area (Å²) in [7, 11) is 0. The zero-order valence-corrected chi connectivity index (χ0v) is 12.3. The maximum atomic E-state index is 12.3. The number of carbonyl (C=O) groups excluding carboxylic acids is 1. The van der Waals surface area contributed by atoms with E-state index >= 15 is 0 Å². The Morgan fingerprint density at radius 2 is 2.17 bits per heavy atom. The van der Waals surface area contributed by atoms with E-state index in [1.54, 1.807) is 18.2 Å². The maximum absolute atomic E-state index is 12.3. The van der Waals surface area contributed by atoms with Crippen LogP contribution in [0.4, 0.5) is 5.69 Å². The number of nitrogens with two attached hydrogens (primary N) is 1. The molecule has 0 spiro atoms. The second-order valence-electron chi connectivity index (χ2n) is 3.90. The summed E-state index contributed by atoms with van der Waals surface area (Å²) in [6.45, 7) is 0. The predicted octanol–water partition coefficient (Wildman–Crippen LogP) is 1.47. The minimum Gasteiger partial charge on any atom is -0.480 e. The number of carbonyl (C=O) groups is 2. The van der Waals surface area contributed by atoms with Crippen molar-refractivity contribution >= 4 is 51.9 Å². The van der Waals surface area contributed by atoms with Crippen LogP contribution in [0.2, 0.25) is 0 Å². The van der Waals surface area contributed by atoms with Crippen LogP contribution in [0, 0.1) is 3.57 Å². The van der Waals surface area contributed by atoms with Gasteiger partial charge in [0.2, 0.25) is 0 Å². The molecule has 0 aromatic heterocycles. The van der Waals surface area contributed by atoms with Gasteiger partial charge < -0.3 is 15.7 Å². The molecule has 7 heteroatoms. The average Bonchev–Trinajstić information content (AvgIpc) is 2.75. The number of halogens is 1. The molecule has 0 unspecified atom stereocenters. The number of hydrogen-bond donors (Lipinski definition) is 2. The monoisotopic (exact) mass is 378 g/mol. The Morgan fingerprint density at radius 1 is 1.44 bits per heavy atom. The Hall–Kier alpha value is -0.960. The van der Waals surface area contributed by atoms with Gasteiger partial charge in [-0.05, 0) is 40.8 Å². The first kappa shape index (κ1) is 13.5. The number of hydrogen-bond acceptors (Lipinski definition) is 4. The van der Waals surface area contributed by atoms with Crippen molar-refractivity contribution in [2.24, 2.45) is 0 Å². The van der Waals surface area contributed by atoms with Crippen LogP contribution >= 0.6 is 34.4 Å². The molecule has 1 heterocycles. The summed E-state index contributed by atoms with van der Waals surface area (Å²) in [5.41, 5.74) is 6.64. The fourth-order valence-corrected chi connectivity index (χ4v) is 3.59. The lowest BCUT2D eigenvalue weighted by atomic mass is 10.1. The number of thioether (sulfide) groups is 1. The number of nitrogens with zero attached hydrogens (tertiary/aromatic N) is 1. The van der Waals surface area contributed by atoms with E-state index in [4.69, 9.17) is 10.8 Å². The molecule has 1 fully saturated rings. The molecule has 1 aliphatic heterocycles. The van der Waals surface area contributed by atoms with Crippen molar-refractivity contribution in [3.05, 3.63) is 27.3 Å². The van der Waals surface area contributed by atoms with Crippen LogP contribution < -0.4 is 5.73 Å². The van der Waals surface area contributed by atoms with Gasteiger partial charge >= 0.3 is 5.97 Å². The molecule has 1 aromatic rings. The van der Waals surface area contributed by atoms with Gasteiger partial charge in [0.1, 0.15) is 6.04 Å². The van der Waals surface area contributed by atoms with Gasteiger partial charge in [-0.25, -0.2) is 4.79 Å². The first-order chi connectivity index (χ1) is 8.49. The van der Waals surface area contributed by atoms with Gasteiger partial charge in [0.15, 0.2) is 0 Å². The Morgan fingerprint density at radius 3 is 2.78 bits per heavy atom. The van der Waals surface area contributed by atoms with Crippen LogP contribution in [-0.2, 0) is 4.79 Å². The lowest BCUT2D eigenvalue weighted by molar-refractivity contribution is -0.140. The number of anilines is 1. The minimum atomic E-state index is -0.966. The van der Waals surface area contributed by atoms with Crippen molar-refractivity contribution in [1.82, 2.24) is 4.90 Å². The molecule has 2 rings (SSSR count). The van der Waals surface area contributed by atoms with Crippen LogP contribution in [0.25, 0.3) is 0 Å². The summed E-state index contributed by atoms with van der Waals surface area (Å²) in [5, 5.41) is 9.06. The summed E-state index contributed by atoms with van der Waals surface area (Å²) < 4.78 is 0.856. The zero-order chi connectivity index (χ0) is 13.3. The summed E-state index contributed by atoms with van der Waals surface area (Å²) in [6.07, 6.45) is 0. The zero-order valence-electron chi connectivity index (χ0n) is 9.30. The summed E-state index contributed by atoms with van der Waals surface area (Å²) in [6, 6.07) is 4.29. The van der Waals surface area contributed by atoms with Gasteiger partial charge in [-0.15, -0.1) is 11.8 Å². The molecule has 96 valence electrons. The number of aliphatic carboxylic acids is 1. The topological polar surface area (TPSA) is 83.6 Å². The van der Waals surface area contributed by atoms with Gasteiger partial charge in [0.25, 0.3) is 5.91 Å². The highest BCUT2D eigenvalue weighted by atomic mass is 127. The number of carboxylic acids is 1. The molecule has 0 aliphatic carbocycles. The molecule has 1 amide bonds. The Balaban J connectivity index is 2.28. The largest absolute Gasteiger partial charge is 0.480 e. The Labute approximate surface area is 122 Å². The molecular weight excluding hydrogens is 367 g/mol. The second kappa shape index (κ2) is 5.35. The van der Waals surface area contributed by atoms with E-state index in [0.29, 0.717) is 22.9 Å². The maximum Gasteiger partial charge on any atom is 0.327 e. The Bertz CT molecular complexity index is 489. The fraction of sp³-hybridized carbons (Fsp3) is 0.273. The number of amides is 1. The highest BCUT2D eigenvalue weighted by molar-refractivity contribution is 14.1. The minimum absolute atomic E-state index is 0.280. The summed E-state index contributed by atoms with van der Waals surface area (Å²) in [5.74, 6) is -0.411. The van der Waals surface area contributed by atoms with Gasteiger partial charge in [-0.2, -0.15) is 0 Å². The van der Waals surface area contributed by atoms with Crippen molar-refractivity contribution < 1.29 is 14.7 Å². The van der Waals surface area contributed by atoms with Crippen LogP contribution in [-0.4, -0.2) is 39.6 Å². The highest BCUT2D eigenvalue weighted by Crippen LogP contribution is 2.24. The second-order valence-corrected chi connectivity index (χ2v) is 6.15. The lowest BCUT2D eigenvalue weighted by Gasteiger charge is -2.20. The van der Waals surface area contributed by atoms with Crippen LogP contribution in [0.1, 0.15) is 10.4 Å². The lowest BCUT2D eigenvalue weighted by Crippen LogP contribution is -2.41. The first-order valence-electron chi connectivity index (χ1n) is 5.16. The number of nitrogen functional groups attached to an aromatic ring is 1. The van der Waals surface area contributed by atoms with Crippen molar-refractivity contribution in [1.29, 1.82) is 0 Å². The average molecular weight is 378 g/mol. The third-order valence-corrected chi connectivity index (χ3v) is 4.23. The van der Waals surface area contributed by atoms with Crippen LogP contribution in [0.3, 0.4) is 0 Å². The smallest absolute Gasteiger partial charge is 0.327 e. The van der Waals surface area contributed by atoms with E-state index in [-0.39, 0.29) is 5.91 Å². The number of benzene rings is 1. The third kappa shape index (κ3) is 2.72. The fourth-order valence-electron chi connectivity index (χ4n) is 1.75. The van der Waals surface area contributed by atoms with E-state index in [0.717, 1.165) is 3.57 Å². The first-order valence-corrected chi connectivity index (χ1v) is 7.40. The van der Waals surface area contributed by atoms with Crippen LogP contribution in [0.15, 0.2) is 18.2 Å². The van der Waals surface area contributed by atoms with E-state index in [2.05, 4.69) is 22.6 Å². The van der Waals surface area contributed by atoms with Gasteiger partial charge in [0.05, 0.1) is 5.88 Å². The molecule has 3 N–H and O–H groups in total. The molecule has 0 saturated carbocycles. The molecule has 1 saturated heterocycles. The molecule has 0 radical (unpaired) electrons. The third-order valence-electron chi connectivity index (χ3n) is 2.60. The highest BCUT2D eigenvalue weighted by Gasteiger charge is 2.35. The molecule has 18 heavy (non-hydrogen) atoms. The van der Waals surface area contributed by atoms with E-state index in [1.807, 2.05) is 0 Å². The van der Waals surface area contributed by atoms with Gasteiger partial charge in [-0.1, -0.05) is 0 Å². The van der Waals surface area contributed by atoms with Crippen molar-refractivity contribution in [2.45, 2.75) is 6.04 Å².